The monoisotopic (exact) mass is 1020 g/mol. The van der Waals surface area contributed by atoms with Crippen LogP contribution in [0.3, 0.4) is 0 Å². The van der Waals surface area contributed by atoms with Gasteiger partial charge < -0.3 is 36.6 Å². The van der Waals surface area contributed by atoms with Crippen molar-refractivity contribution in [3.8, 4) is 0 Å². The van der Waals surface area contributed by atoms with Crippen LogP contribution in [0.25, 0.3) is 0 Å². The number of alkyl carbamates (subject to hydrolysis) is 2. The number of benzene rings is 2. The van der Waals surface area contributed by atoms with Crippen molar-refractivity contribution < 1.29 is 179 Å². The maximum Gasteiger partial charge on any atom is 1.00 e. The Kier molecular flexibility index (Phi) is 24.7. The van der Waals surface area contributed by atoms with Crippen molar-refractivity contribution in [2.24, 2.45) is 10.8 Å². The van der Waals surface area contributed by atoms with E-state index in [4.69, 9.17) is 19.5 Å². The topological polar surface area (TPSA) is 216 Å². The Hall–Kier alpha value is -2.21. The van der Waals surface area contributed by atoms with Gasteiger partial charge in [-0.2, -0.15) is 26.3 Å². The van der Waals surface area contributed by atoms with Crippen LogP contribution in [0.15, 0.2) is 36.4 Å². The Morgan fingerprint density at radius 3 is 1.43 bits per heavy atom. The number of rotatable bonds is 6. The zero-order valence-corrected chi connectivity index (χ0v) is 45.1. The van der Waals surface area contributed by atoms with Gasteiger partial charge >= 0.3 is 127 Å². The number of ether oxygens (including phenoxy) is 2. The molecule has 1 aliphatic heterocycles. The van der Waals surface area contributed by atoms with Crippen LogP contribution in [-0.4, -0.2) is 64.9 Å². The molecule has 1 heterocycles. The Morgan fingerprint density at radius 1 is 0.701 bits per heavy atom. The van der Waals surface area contributed by atoms with Crippen LogP contribution in [0.1, 0.15) is 125 Å². The third kappa shape index (κ3) is 20.6. The summed E-state index contributed by atoms with van der Waals surface area (Å²) in [4.78, 5) is 55.5. The van der Waals surface area contributed by atoms with E-state index in [-0.39, 0.29) is 140 Å². The van der Waals surface area contributed by atoms with Crippen LogP contribution in [-0.2, 0) is 31.5 Å². The Morgan fingerprint density at radius 2 is 1.07 bits per heavy atom. The molecule has 0 bridgehead atoms. The van der Waals surface area contributed by atoms with Gasteiger partial charge in [0.05, 0.1) is 21.0 Å². The number of hydrogen-bond acceptors (Lipinski definition) is 12. The number of carbonyl (C=O) groups excluding carboxylic acids is 3. The summed E-state index contributed by atoms with van der Waals surface area (Å²) in [5.41, 5.74) is -4.39. The van der Waals surface area contributed by atoms with E-state index in [0.717, 1.165) is 31.7 Å². The fourth-order valence-electron chi connectivity index (χ4n) is 8.45. The van der Waals surface area contributed by atoms with E-state index in [1.54, 1.807) is 25.7 Å². The first-order chi connectivity index (χ1) is 29.9. The summed E-state index contributed by atoms with van der Waals surface area (Å²) in [7, 11) is 0. The van der Waals surface area contributed by atoms with Gasteiger partial charge in [0.1, 0.15) is 17.0 Å². The molecule has 4 fully saturated rings. The second-order valence-corrected chi connectivity index (χ2v) is 18.6. The summed E-state index contributed by atoms with van der Waals surface area (Å²) in [6.45, 7) is 11.7. The minimum Gasteiger partial charge on any atom is -1.00 e. The molecular formula is C42H56F7K2N5O11. The maximum atomic E-state index is 13.5. The molecular weight excluding hydrogens is 962 g/mol. The molecule has 2 N–H and O–H groups in total. The molecule has 0 unspecified atom stereocenters. The number of hydrogen-bond donors (Lipinski definition) is 2. The molecule has 2 aromatic rings. The van der Waals surface area contributed by atoms with Gasteiger partial charge in [0.2, 0.25) is 0 Å². The predicted octanol–water partition coefficient (Wildman–Crippen LogP) is 3.82. The summed E-state index contributed by atoms with van der Waals surface area (Å²) in [6.07, 6.45) is 1.82. The molecule has 3 saturated carbocycles. The molecule has 16 nitrogen and oxygen atoms in total. The van der Waals surface area contributed by atoms with Crippen LogP contribution in [0.5, 0.6) is 0 Å². The fourth-order valence-corrected chi connectivity index (χ4v) is 8.45. The summed E-state index contributed by atoms with van der Waals surface area (Å²) >= 11 is 0. The van der Waals surface area contributed by atoms with E-state index in [1.807, 2.05) is 20.8 Å². The van der Waals surface area contributed by atoms with Crippen molar-refractivity contribution in [3.05, 3.63) is 73.6 Å². The smallest absolute Gasteiger partial charge is 1.00 e. The normalized spacial score (nSPS) is 18.3. The van der Waals surface area contributed by atoms with Crippen molar-refractivity contribution >= 4 is 35.7 Å². The van der Waals surface area contributed by atoms with Gasteiger partial charge in [0.25, 0.3) is 17.8 Å². The van der Waals surface area contributed by atoms with Crippen LogP contribution < -0.4 is 124 Å². The molecule has 1 saturated heterocycles. The van der Waals surface area contributed by atoms with Gasteiger partial charge in [0, 0.05) is 55.1 Å². The third-order valence-electron chi connectivity index (χ3n) is 11.2. The molecule has 2 amide bonds. The largest absolute Gasteiger partial charge is 1.00 e. The van der Waals surface area contributed by atoms with Gasteiger partial charge in [0.15, 0.2) is 0 Å². The number of nitro benzene ring substituents is 2. The van der Waals surface area contributed by atoms with Gasteiger partial charge in [-0.15, -0.1) is 0 Å². The molecule has 0 atom stereocenters. The second-order valence-electron chi connectivity index (χ2n) is 18.6. The predicted molar refractivity (Wildman–Crippen MR) is 219 cm³/mol. The van der Waals surface area contributed by atoms with Crippen LogP contribution in [0, 0.1) is 36.9 Å². The average Bonchev–Trinajstić information content (AvgIpc) is 3.15. The molecule has 0 radical (unpaired) electrons. The second kappa shape index (κ2) is 26.3. The summed E-state index contributed by atoms with van der Waals surface area (Å²) in [5, 5.41) is 35.2. The number of piperidine rings is 1. The number of amides is 2. The molecule has 2 spiro atoms. The zero-order chi connectivity index (χ0) is 49.2. The zero-order valence-electron chi connectivity index (χ0n) is 39.9. The van der Waals surface area contributed by atoms with Crippen molar-refractivity contribution in [2.45, 2.75) is 148 Å². The van der Waals surface area contributed by atoms with Crippen LogP contribution >= 0.6 is 0 Å². The quantitative estimate of drug-likeness (QED) is 0.106. The number of nitrogens with zero attached hydrogens (tertiary/aromatic N) is 3. The minimum atomic E-state index is -4.92. The van der Waals surface area contributed by atoms with E-state index >= 15 is 0 Å². The molecule has 6 rings (SSSR count). The molecule has 366 valence electrons. The number of nitrogens with one attached hydrogen (secondary N) is 2. The van der Waals surface area contributed by atoms with E-state index in [1.165, 1.54) is 38.2 Å². The van der Waals surface area contributed by atoms with Crippen molar-refractivity contribution in [3.63, 3.8) is 0 Å². The van der Waals surface area contributed by atoms with Crippen molar-refractivity contribution in [1.82, 2.24) is 10.6 Å². The molecule has 25 heteroatoms. The first-order valence-corrected chi connectivity index (χ1v) is 20.7. The van der Waals surface area contributed by atoms with Crippen molar-refractivity contribution in [2.75, 3.05) is 18.0 Å². The van der Waals surface area contributed by atoms with E-state index in [2.05, 4.69) is 15.5 Å². The fraction of sp³-hybridized carbons (Fsp3) is 0.643. The number of non-ortho nitro benzene ring substituents is 2. The molecule has 67 heavy (non-hydrogen) atoms. The Bertz CT molecular complexity index is 1980. The van der Waals surface area contributed by atoms with Gasteiger partial charge in [-0.3, -0.25) is 25.0 Å². The molecule has 4 aliphatic rings. The number of halogens is 7. The standard InChI is InChI=1S/C20H26F3N3O4.C14H25NO2.C7H3F4NO2.CH2O3.2K.H/c1-18(2,3)30-17(27)24-13-11-19(12-13)6-8-25(9-7-19)16-5-4-14(26(28)29)10-15(16)20(21,22)23;1-13(2,3)17-12(16)15-11-9-14(10-11)7-5-4-6-8-14;8-6-2-1-4(12(13)14)3-5(6)7(9,10)11;2-1-4-3;;;/h4-5,10,13H,6-9,11-12H2,1-3H3,(H,24,27);11H,4-10H2,1-3H3,(H,15,16);1-3H;1,3H;;;/q;;;;2*+1;-1/p-1. The summed E-state index contributed by atoms with van der Waals surface area (Å²) < 4.78 is 99.6. The first kappa shape index (κ1) is 62.8. The Balaban J connectivity index is 0.00000101. The Labute approximate surface area is 470 Å². The summed E-state index contributed by atoms with van der Waals surface area (Å²) in [5.74, 6) is -1.52. The number of anilines is 1. The van der Waals surface area contributed by atoms with Gasteiger partial charge in [-0.1, -0.05) is 19.3 Å². The number of nitro groups is 2. The number of alkyl halides is 6. The average molecular weight is 1020 g/mol. The van der Waals surface area contributed by atoms with E-state index in [0.29, 0.717) is 55.6 Å². The third-order valence-corrected chi connectivity index (χ3v) is 11.2. The van der Waals surface area contributed by atoms with Gasteiger partial charge in [-0.25, -0.2) is 14.0 Å². The van der Waals surface area contributed by atoms with E-state index in [9.17, 15) is 60.6 Å². The van der Waals surface area contributed by atoms with E-state index < -0.39 is 67.8 Å². The maximum absolute atomic E-state index is 13.5. The van der Waals surface area contributed by atoms with Gasteiger partial charge in [-0.05, 0) is 116 Å². The molecule has 3 aliphatic carbocycles. The van der Waals surface area contributed by atoms with Crippen molar-refractivity contribution in [1.29, 1.82) is 0 Å². The SMILES string of the molecule is CC(C)(C)OC(=O)NC1CC2(CCCCC2)C1.CC(C)(C)OC(=O)NC1CC2(CCN(c3ccc([N+](=O)[O-])cc3C(F)(F)F)CC2)C1.O=CO[O-].O=[N+]([O-])c1ccc(F)c(C(F)(F)F)c1.[H-].[K+].[K+]. The van der Waals surface area contributed by atoms with Crippen LogP contribution in [0.2, 0.25) is 0 Å². The van der Waals surface area contributed by atoms with Crippen LogP contribution in [0.4, 0.5) is 57.4 Å². The first-order valence-electron chi connectivity index (χ1n) is 20.7. The summed E-state index contributed by atoms with van der Waals surface area (Å²) in [6, 6.07) is 4.51. The molecule has 2 aromatic carbocycles. The minimum absolute atomic E-state index is 0. The molecule has 0 aromatic heterocycles. The number of carbonyl (C=O) groups is 3.